The molecule has 3 aromatic heterocycles. The molecule has 0 unspecified atom stereocenters. The van der Waals surface area contributed by atoms with Gasteiger partial charge in [-0.2, -0.15) is 0 Å². The molecule has 0 spiro atoms. The van der Waals surface area contributed by atoms with Crippen LogP contribution < -0.4 is 16.6 Å². The molecule has 1 aliphatic rings. The van der Waals surface area contributed by atoms with Crippen LogP contribution in [0, 0.1) is 0 Å². The zero-order valence-corrected chi connectivity index (χ0v) is 17.6. The number of phenols is 1. The maximum atomic E-state index is 12.8. The van der Waals surface area contributed by atoms with E-state index >= 15 is 0 Å². The average Bonchev–Trinajstić information content (AvgIpc) is 3.17. The van der Waals surface area contributed by atoms with Gasteiger partial charge >= 0.3 is 11.7 Å². The van der Waals surface area contributed by atoms with E-state index in [0.717, 1.165) is 11.1 Å². The fourth-order valence-corrected chi connectivity index (χ4v) is 4.24. The average molecular weight is 446 g/mol. The maximum Gasteiger partial charge on any atom is 0.327 e. The third kappa shape index (κ3) is 3.98. The summed E-state index contributed by atoms with van der Waals surface area (Å²) in [5, 5.41) is 12.2. The second-order valence-corrected chi connectivity index (χ2v) is 8.00. The summed E-state index contributed by atoms with van der Waals surface area (Å²) >= 11 is 0. The van der Waals surface area contributed by atoms with Crippen molar-refractivity contribution in [2.75, 3.05) is 18.4 Å². The number of imidazole rings is 1. The number of nitrogens with zero attached hydrogens (tertiary/aromatic N) is 3. The number of anilines is 1. The molecule has 1 saturated heterocycles. The van der Waals surface area contributed by atoms with E-state index < -0.39 is 5.56 Å². The van der Waals surface area contributed by atoms with Gasteiger partial charge < -0.3 is 20.3 Å². The first-order valence-electron chi connectivity index (χ1n) is 10.6. The highest BCUT2D eigenvalue weighted by molar-refractivity contribution is 5.90. The maximum absolute atomic E-state index is 12.8. The van der Waals surface area contributed by atoms with Gasteiger partial charge in [0.05, 0.1) is 5.52 Å². The molecule has 5 rings (SSSR count). The monoisotopic (exact) mass is 446 g/mol. The van der Waals surface area contributed by atoms with Gasteiger partial charge in [-0.15, -0.1) is 0 Å². The lowest BCUT2D eigenvalue weighted by atomic mass is 10.0. The number of carbonyl (C=O) groups excluding carboxylic acids is 1. The van der Waals surface area contributed by atoms with E-state index in [4.69, 9.17) is 0 Å². The van der Waals surface area contributed by atoms with Crippen LogP contribution in [0.1, 0.15) is 18.9 Å². The molecule has 0 aliphatic carbocycles. The van der Waals surface area contributed by atoms with Crippen molar-refractivity contribution in [2.45, 2.75) is 18.9 Å². The van der Waals surface area contributed by atoms with Gasteiger partial charge in [-0.25, -0.2) is 14.6 Å². The molecule has 0 saturated carbocycles. The molecule has 4 N–H and O–H groups in total. The van der Waals surface area contributed by atoms with Crippen LogP contribution >= 0.6 is 0 Å². The standard InChI is InChI=1S/C23H22N6O4/c30-17-5-3-14(4-6-17)15-12-18(21(31)25-13-15)26-22(32)28-10-7-16(8-11-28)29-19-2-1-9-24-20(19)27-23(29)33/h1-6,9,12-13,16,30H,7-8,10-11H2,(H,25,31)(H,26,32)(H,24,27,33). The van der Waals surface area contributed by atoms with E-state index in [9.17, 15) is 19.5 Å². The lowest BCUT2D eigenvalue weighted by Crippen LogP contribution is -2.43. The van der Waals surface area contributed by atoms with E-state index in [1.165, 1.54) is 0 Å². The first-order chi connectivity index (χ1) is 16.0. The number of fused-ring (bicyclic) bond motifs is 1. The Morgan fingerprint density at radius 3 is 2.61 bits per heavy atom. The second-order valence-electron chi connectivity index (χ2n) is 8.00. The zero-order chi connectivity index (χ0) is 22.9. The third-order valence-corrected chi connectivity index (χ3v) is 5.95. The summed E-state index contributed by atoms with van der Waals surface area (Å²) in [5.41, 5.74) is 2.34. The number of phenolic OH excluding ortho intramolecular Hbond substituents is 1. The molecule has 10 heteroatoms. The summed E-state index contributed by atoms with van der Waals surface area (Å²) in [5.74, 6) is 0.145. The van der Waals surface area contributed by atoms with Crippen molar-refractivity contribution in [3.8, 4) is 16.9 Å². The number of H-pyrrole nitrogens is 2. The Hall–Kier alpha value is -4.34. The number of aromatic nitrogens is 4. The van der Waals surface area contributed by atoms with Crippen molar-refractivity contribution in [1.82, 2.24) is 24.4 Å². The third-order valence-electron chi connectivity index (χ3n) is 5.95. The number of rotatable bonds is 3. The summed E-state index contributed by atoms with van der Waals surface area (Å²) < 4.78 is 1.71. The number of likely N-dealkylation sites (tertiary alicyclic amines) is 1. The van der Waals surface area contributed by atoms with E-state index in [1.54, 1.807) is 58.3 Å². The van der Waals surface area contributed by atoms with Crippen LogP contribution in [0.4, 0.5) is 10.5 Å². The van der Waals surface area contributed by atoms with Crippen LogP contribution in [-0.4, -0.2) is 48.6 Å². The van der Waals surface area contributed by atoms with Gasteiger partial charge in [-0.3, -0.25) is 14.3 Å². The van der Waals surface area contributed by atoms with E-state index in [0.29, 0.717) is 37.1 Å². The Morgan fingerprint density at radius 1 is 1.09 bits per heavy atom. The predicted octanol–water partition coefficient (Wildman–Crippen LogP) is 2.65. The summed E-state index contributed by atoms with van der Waals surface area (Å²) in [6, 6.07) is 11.4. The molecule has 10 nitrogen and oxygen atoms in total. The van der Waals surface area contributed by atoms with E-state index in [2.05, 4.69) is 20.3 Å². The minimum absolute atomic E-state index is 0.0410. The molecule has 168 valence electrons. The largest absolute Gasteiger partial charge is 0.508 e. The van der Waals surface area contributed by atoms with Crippen molar-refractivity contribution in [3.05, 3.63) is 75.7 Å². The molecule has 0 radical (unpaired) electrons. The second kappa shape index (κ2) is 8.30. The Balaban J connectivity index is 1.28. The van der Waals surface area contributed by atoms with Crippen molar-refractivity contribution >= 4 is 22.9 Å². The number of benzene rings is 1. The molecule has 2 amide bonds. The predicted molar refractivity (Wildman–Crippen MR) is 123 cm³/mol. The number of hydrogen-bond acceptors (Lipinski definition) is 5. The molecule has 0 bridgehead atoms. The lowest BCUT2D eigenvalue weighted by Gasteiger charge is -2.32. The van der Waals surface area contributed by atoms with Gasteiger partial charge in [-0.05, 0) is 48.7 Å². The smallest absolute Gasteiger partial charge is 0.327 e. The van der Waals surface area contributed by atoms with Crippen LogP contribution in [0.3, 0.4) is 0 Å². The summed E-state index contributed by atoms with van der Waals surface area (Å²) in [6.45, 7) is 0.900. The Labute approximate surface area is 187 Å². The van der Waals surface area contributed by atoms with E-state index in [1.807, 2.05) is 6.07 Å². The van der Waals surface area contributed by atoms with Crippen LogP contribution in [0.25, 0.3) is 22.3 Å². The van der Waals surface area contributed by atoms with Gasteiger partial charge in [0.15, 0.2) is 5.65 Å². The number of amides is 2. The number of pyridine rings is 2. The number of urea groups is 1. The Bertz CT molecular complexity index is 1430. The van der Waals surface area contributed by atoms with Crippen LogP contribution in [0.2, 0.25) is 0 Å². The van der Waals surface area contributed by atoms with E-state index in [-0.39, 0.29) is 29.2 Å². The van der Waals surface area contributed by atoms with Gasteiger partial charge in [0.25, 0.3) is 5.56 Å². The van der Waals surface area contributed by atoms with Gasteiger partial charge in [0.1, 0.15) is 11.4 Å². The number of aromatic amines is 2. The highest BCUT2D eigenvalue weighted by Crippen LogP contribution is 2.25. The van der Waals surface area contributed by atoms with Crippen molar-refractivity contribution in [1.29, 1.82) is 0 Å². The van der Waals surface area contributed by atoms with Crippen LogP contribution in [0.15, 0.2) is 64.4 Å². The van der Waals surface area contributed by atoms with Crippen LogP contribution in [-0.2, 0) is 0 Å². The molecular weight excluding hydrogens is 424 g/mol. The molecule has 4 heterocycles. The minimum Gasteiger partial charge on any atom is -0.508 e. The molecular formula is C23H22N6O4. The lowest BCUT2D eigenvalue weighted by molar-refractivity contribution is 0.184. The van der Waals surface area contributed by atoms with Gasteiger partial charge in [-0.1, -0.05) is 12.1 Å². The summed E-state index contributed by atoms with van der Waals surface area (Å²) in [4.78, 5) is 48.8. The van der Waals surface area contributed by atoms with Crippen molar-refractivity contribution in [2.24, 2.45) is 0 Å². The molecule has 4 aromatic rings. The normalized spacial score (nSPS) is 14.5. The highest BCUT2D eigenvalue weighted by Gasteiger charge is 2.26. The molecule has 0 atom stereocenters. The fraction of sp³-hybridized carbons (Fsp3) is 0.217. The van der Waals surface area contributed by atoms with Crippen molar-refractivity contribution in [3.63, 3.8) is 0 Å². The summed E-state index contributed by atoms with van der Waals surface area (Å²) in [6.07, 6.45) is 4.41. The number of piperidine rings is 1. The quantitative estimate of drug-likeness (QED) is 0.384. The Kier molecular flexibility index (Phi) is 5.17. The topological polar surface area (TPSA) is 136 Å². The fourth-order valence-electron chi connectivity index (χ4n) is 4.24. The van der Waals surface area contributed by atoms with Crippen LogP contribution in [0.5, 0.6) is 5.75 Å². The molecule has 1 fully saturated rings. The minimum atomic E-state index is -0.404. The summed E-state index contributed by atoms with van der Waals surface area (Å²) in [7, 11) is 0. The number of nitrogens with one attached hydrogen (secondary N) is 3. The Morgan fingerprint density at radius 2 is 1.85 bits per heavy atom. The van der Waals surface area contributed by atoms with Crippen molar-refractivity contribution < 1.29 is 9.90 Å². The highest BCUT2D eigenvalue weighted by atomic mass is 16.3. The molecule has 33 heavy (non-hydrogen) atoms. The first-order valence-corrected chi connectivity index (χ1v) is 10.6. The molecule has 1 aromatic carbocycles. The molecule has 1 aliphatic heterocycles. The number of hydrogen-bond donors (Lipinski definition) is 4. The SMILES string of the molecule is O=C(Nc1cc(-c2ccc(O)cc2)c[nH]c1=O)N1CCC(n2c(=O)[nH]c3ncccc32)CC1. The van der Waals surface area contributed by atoms with Gasteiger partial charge in [0, 0.05) is 37.1 Å². The first kappa shape index (κ1) is 20.6. The number of aromatic hydroxyl groups is 1. The zero-order valence-electron chi connectivity index (χ0n) is 17.6. The number of carbonyl (C=O) groups is 1. The van der Waals surface area contributed by atoms with Gasteiger partial charge in [0.2, 0.25) is 0 Å².